The zero-order chi connectivity index (χ0) is 12.0. The molecule has 0 aliphatic rings. The van der Waals surface area contributed by atoms with E-state index in [0.717, 1.165) is 23.0 Å². The van der Waals surface area contributed by atoms with Crippen molar-refractivity contribution in [2.75, 3.05) is 20.3 Å². The maximum atomic E-state index is 9.52. The Hall–Kier alpha value is -0.780. The van der Waals surface area contributed by atoms with Crippen LogP contribution in [-0.4, -0.2) is 30.5 Å². The first-order valence-electron chi connectivity index (χ1n) is 5.06. The van der Waals surface area contributed by atoms with Crippen LogP contribution in [0.2, 0.25) is 0 Å². The fraction of sp³-hybridized carbons (Fsp3) is 0.455. The summed E-state index contributed by atoms with van der Waals surface area (Å²) in [6.45, 7) is 1.61. The molecular weight excluding hydrogens is 274 g/mol. The second-order valence-electron chi connectivity index (χ2n) is 3.37. The lowest BCUT2D eigenvalue weighted by Gasteiger charge is -2.10. The number of methoxy groups -OCH3 is 1. The predicted molar refractivity (Wildman–Crippen MR) is 65.8 cm³/mol. The van der Waals surface area contributed by atoms with E-state index < -0.39 is 0 Å². The maximum Gasteiger partial charge on any atom is 0.160 e. The van der Waals surface area contributed by atoms with Gasteiger partial charge in [0.05, 0.1) is 7.11 Å². The van der Waals surface area contributed by atoms with Crippen molar-refractivity contribution in [2.24, 2.45) is 0 Å². The van der Waals surface area contributed by atoms with Crippen LogP contribution in [0, 0.1) is 0 Å². The molecular formula is C11H16BrNO3. The standard InChI is InChI=1S/C11H16BrNO3/c1-16-11-5-8(7-13-3-2-4-14)9(12)6-10(11)15/h5-6,13-15H,2-4,7H2,1H3. The van der Waals surface area contributed by atoms with Crippen LogP contribution in [0.25, 0.3) is 0 Å². The fourth-order valence-corrected chi connectivity index (χ4v) is 1.78. The number of aliphatic hydroxyl groups is 1. The van der Waals surface area contributed by atoms with Gasteiger partial charge in [-0.25, -0.2) is 0 Å². The van der Waals surface area contributed by atoms with Gasteiger partial charge in [-0.15, -0.1) is 0 Å². The SMILES string of the molecule is COc1cc(CNCCCO)c(Br)cc1O. The topological polar surface area (TPSA) is 61.7 Å². The molecule has 0 aromatic heterocycles. The average molecular weight is 290 g/mol. The summed E-state index contributed by atoms with van der Waals surface area (Å²) in [5.41, 5.74) is 1.01. The number of rotatable bonds is 6. The lowest BCUT2D eigenvalue weighted by molar-refractivity contribution is 0.286. The van der Waals surface area contributed by atoms with Gasteiger partial charge in [0.15, 0.2) is 11.5 Å². The normalized spacial score (nSPS) is 10.4. The van der Waals surface area contributed by atoms with Gasteiger partial charge in [0, 0.05) is 17.6 Å². The largest absolute Gasteiger partial charge is 0.504 e. The van der Waals surface area contributed by atoms with Gasteiger partial charge in [-0.05, 0) is 30.7 Å². The third-order valence-electron chi connectivity index (χ3n) is 2.18. The zero-order valence-corrected chi connectivity index (χ0v) is 10.7. The van der Waals surface area contributed by atoms with Gasteiger partial charge >= 0.3 is 0 Å². The highest BCUT2D eigenvalue weighted by molar-refractivity contribution is 9.10. The molecule has 0 unspecified atom stereocenters. The molecule has 1 rings (SSSR count). The Balaban J connectivity index is 2.64. The van der Waals surface area contributed by atoms with E-state index in [1.54, 1.807) is 12.1 Å². The predicted octanol–water partition coefficient (Wildman–Crippen LogP) is 1.64. The highest BCUT2D eigenvalue weighted by Gasteiger charge is 2.07. The molecule has 0 saturated carbocycles. The number of phenols is 1. The molecule has 0 aliphatic heterocycles. The summed E-state index contributed by atoms with van der Waals surface area (Å²) in [4.78, 5) is 0. The summed E-state index contributed by atoms with van der Waals surface area (Å²) < 4.78 is 5.86. The minimum atomic E-state index is 0.119. The molecule has 0 atom stereocenters. The molecule has 0 fully saturated rings. The van der Waals surface area contributed by atoms with Crippen molar-refractivity contribution in [2.45, 2.75) is 13.0 Å². The molecule has 4 nitrogen and oxygen atoms in total. The van der Waals surface area contributed by atoms with Crippen molar-refractivity contribution in [3.05, 3.63) is 22.2 Å². The monoisotopic (exact) mass is 289 g/mol. The molecule has 0 bridgehead atoms. The maximum absolute atomic E-state index is 9.52. The van der Waals surface area contributed by atoms with E-state index in [-0.39, 0.29) is 12.4 Å². The smallest absolute Gasteiger partial charge is 0.160 e. The molecule has 0 radical (unpaired) electrons. The fourth-order valence-electron chi connectivity index (χ4n) is 1.31. The summed E-state index contributed by atoms with van der Waals surface area (Å²) in [5, 5.41) is 21.3. The van der Waals surface area contributed by atoms with Crippen molar-refractivity contribution < 1.29 is 14.9 Å². The summed E-state index contributed by atoms with van der Waals surface area (Å²) in [6, 6.07) is 3.40. The highest BCUT2D eigenvalue weighted by atomic mass is 79.9. The number of hydrogen-bond acceptors (Lipinski definition) is 4. The van der Waals surface area contributed by atoms with Crippen molar-refractivity contribution >= 4 is 15.9 Å². The van der Waals surface area contributed by atoms with Gasteiger partial charge in [-0.2, -0.15) is 0 Å². The second-order valence-corrected chi connectivity index (χ2v) is 4.22. The molecule has 0 spiro atoms. The van der Waals surface area contributed by atoms with E-state index >= 15 is 0 Å². The molecule has 5 heteroatoms. The Labute approximate surface area is 103 Å². The summed E-state index contributed by atoms with van der Waals surface area (Å²) in [6.07, 6.45) is 0.729. The Morgan fingerprint density at radius 3 is 2.81 bits per heavy atom. The first-order valence-corrected chi connectivity index (χ1v) is 5.85. The Morgan fingerprint density at radius 2 is 2.19 bits per heavy atom. The van der Waals surface area contributed by atoms with E-state index in [4.69, 9.17) is 9.84 Å². The number of halogens is 1. The summed E-state index contributed by atoms with van der Waals surface area (Å²) >= 11 is 3.37. The van der Waals surface area contributed by atoms with Crippen LogP contribution in [0.5, 0.6) is 11.5 Å². The number of phenolic OH excluding ortho intramolecular Hbond substituents is 1. The van der Waals surface area contributed by atoms with Gasteiger partial charge in [-0.1, -0.05) is 15.9 Å². The highest BCUT2D eigenvalue weighted by Crippen LogP contribution is 2.32. The van der Waals surface area contributed by atoms with Crippen molar-refractivity contribution in [1.82, 2.24) is 5.32 Å². The number of hydrogen-bond donors (Lipinski definition) is 3. The number of aliphatic hydroxyl groups excluding tert-OH is 1. The number of benzene rings is 1. The lowest BCUT2D eigenvalue weighted by atomic mass is 10.2. The van der Waals surface area contributed by atoms with E-state index in [9.17, 15) is 5.11 Å². The average Bonchev–Trinajstić information content (AvgIpc) is 2.27. The van der Waals surface area contributed by atoms with Crippen molar-refractivity contribution in [3.8, 4) is 11.5 Å². The third-order valence-corrected chi connectivity index (χ3v) is 2.91. The van der Waals surface area contributed by atoms with Crippen LogP contribution in [-0.2, 0) is 6.54 Å². The number of ether oxygens (including phenoxy) is 1. The minimum absolute atomic E-state index is 0.119. The van der Waals surface area contributed by atoms with Gasteiger partial charge in [0.25, 0.3) is 0 Å². The molecule has 3 N–H and O–H groups in total. The molecule has 0 aliphatic carbocycles. The van der Waals surface area contributed by atoms with E-state index in [2.05, 4.69) is 21.2 Å². The first kappa shape index (κ1) is 13.3. The van der Waals surface area contributed by atoms with Gasteiger partial charge in [-0.3, -0.25) is 0 Å². The van der Waals surface area contributed by atoms with E-state index in [0.29, 0.717) is 12.3 Å². The molecule has 16 heavy (non-hydrogen) atoms. The molecule has 90 valence electrons. The van der Waals surface area contributed by atoms with E-state index in [1.165, 1.54) is 7.11 Å². The summed E-state index contributed by atoms with van der Waals surface area (Å²) in [7, 11) is 1.52. The molecule has 0 saturated heterocycles. The van der Waals surface area contributed by atoms with Crippen LogP contribution in [0.4, 0.5) is 0 Å². The molecule has 0 heterocycles. The number of nitrogens with one attached hydrogen (secondary N) is 1. The summed E-state index contributed by atoms with van der Waals surface area (Å²) in [5.74, 6) is 0.579. The molecule has 1 aromatic carbocycles. The van der Waals surface area contributed by atoms with Crippen LogP contribution >= 0.6 is 15.9 Å². The lowest BCUT2D eigenvalue weighted by Crippen LogP contribution is -2.16. The van der Waals surface area contributed by atoms with Crippen molar-refractivity contribution in [1.29, 1.82) is 0 Å². The zero-order valence-electron chi connectivity index (χ0n) is 9.16. The van der Waals surface area contributed by atoms with Crippen LogP contribution in [0.3, 0.4) is 0 Å². The second kappa shape index (κ2) is 6.73. The molecule has 0 amide bonds. The van der Waals surface area contributed by atoms with Crippen LogP contribution in [0.1, 0.15) is 12.0 Å². The minimum Gasteiger partial charge on any atom is -0.504 e. The van der Waals surface area contributed by atoms with Gasteiger partial charge in [0.1, 0.15) is 0 Å². The Kier molecular flexibility index (Phi) is 5.59. The van der Waals surface area contributed by atoms with E-state index in [1.807, 2.05) is 0 Å². The first-order chi connectivity index (χ1) is 7.69. The van der Waals surface area contributed by atoms with Crippen LogP contribution < -0.4 is 10.1 Å². The van der Waals surface area contributed by atoms with Gasteiger partial charge < -0.3 is 20.3 Å². The van der Waals surface area contributed by atoms with Gasteiger partial charge in [0.2, 0.25) is 0 Å². The quantitative estimate of drug-likeness (QED) is 0.697. The molecule has 1 aromatic rings. The Morgan fingerprint density at radius 1 is 1.44 bits per heavy atom. The number of aromatic hydroxyl groups is 1. The Bertz CT molecular complexity index is 344. The van der Waals surface area contributed by atoms with Crippen LogP contribution in [0.15, 0.2) is 16.6 Å². The van der Waals surface area contributed by atoms with Crippen molar-refractivity contribution in [3.63, 3.8) is 0 Å². The third kappa shape index (κ3) is 3.66.